The van der Waals surface area contributed by atoms with Crippen molar-refractivity contribution in [1.82, 2.24) is 46.4 Å². The predicted octanol–water partition coefficient (Wildman–Crippen LogP) is 22.5. The molecule has 0 aliphatic carbocycles. The number of ether oxygens (including phenoxy) is 5. The van der Waals surface area contributed by atoms with E-state index in [1.54, 1.807) is 18.5 Å². The molecule has 4 aromatic rings. The minimum atomic E-state index is -0.642. The van der Waals surface area contributed by atoms with Crippen molar-refractivity contribution < 1.29 is 90.8 Å². The average molecular weight is 2020 g/mol. The van der Waals surface area contributed by atoms with Crippen LogP contribution in [0.5, 0.6) is 0 Å². The van der Waals surface area contributed by atoms with Gasteiger partial charge in [-0.05, 0) is 131 Å². The summed E-state index contributed by atoms with van der Waals surface area (Å²) in [7, 11) is 0. The summed E-state index contributed by atoms with van der Waals surface area (Å²) < 4.78 is 25.4. The van der Waals surface area contributed by atoms with Crippen LogP contribution in [0.25, 0.3) is 0 Å². The normalized spacial score (nSPS) is 15.0. The van der Waals surface area contributed by atoms with Crippen molar-refractivity contribution in [2.24, 2.45) is 88.1 Å². The number of benzene rings is 2. The van der Waals surface area contributed by atoms with Crippen LogP contribution >= 0.6 is 0 Å². The SMILES string of the molecule is C=CCOC(=O)NC(C(=O)C(C)(C)C)C(C)(C)C.CC(=O)CCC(=O)NC(C(=O)C(C)(C)C)C(C)(C)C.CC(C)(C)C(=O)C(NC(=O)C(CC(=O)c1cnccn1)C(C)(C)C)C(C)(C)C.CC(C)(C)C(=O)C(NC(=O)OCc1cccnc1)C(C)(C)C.CC(C)(C)C(=O)CC1CCN(Cc2ccccc2)CC1.CC(C)(C)C(=O)NCc1ccccc1.CC(C)(C)C(=O)OC1CCOC1.CC(C)COC(=O)C(C)(C)C. The maximum absolute atomic E-state index is 13.2. The highest BCUT2D eigenvalue weighted by Crippen LogP contribution is 2.36. The lowest BCUT2D eigenvalue weighted by Gasteiger charge is -2.37. The molecule has 6 rings (SSSR count). The summed E-state index contributed by atoms with van der Waals surface area (Å²) in [4.78, 5) is 183. The van der Waals surface area contributed by atoms with E-state index in [2.05, 4.69) is 83.3 Å². The van der Waals surface area contributed by atoms with Crippen molar-refractivity contribution in [2.75, 3.05) is 39.5 Å². The summed E-state index contributed by atoms with van der Waals surface area (Å²) in [6, 6.07) is 21.8. The van der Waals surface area contributed by atoms with Crippen LogP contribution in [-0.4, -0.2) is 172 Å². The molecule has 144 heavy (non-hydrogen) atoms. The number of Topliss-reactive ketones (excluding diaryl/α,β-unsaturated/α-hetero) is 7. The van der Waals surface area contributed by atoms with Gasteiger partial charge in [-0.3, -0.25) is 67.6 Å². The number of esters is 2. The standard InChI is InChI=1S/C22H35N3O3.C18H27NO.C17H26N2O3.C15H27NO3.C14H25NO3.C12H17NO.C9H16O3.C9H18O2/c1-20(2,3)14(12-16(26)15-13-23-10-11-24-15)19(28)25-17(21(4,5)6)18(27)22(7,8)9;1-18(2,3)17(20)13-15-9-11-19(12-10-15)14-16-7-5-4-6-8-16;1-16(2,3)13(14(20)17(4,5)6)19-15(21)22-11-12-8-7-9-18-10-12;1-10(17)8-9-11(18)16-12(14(2,3)4)13(19)15(5,6)7;1-8-9-18-12(17)15-10(13(2,3)4)11(16)14(5,6)7;1-12(2,3)11(14)13-9-10-7-5-4-6-8-10;1-9(2,3)8(10)12-7-4-5-11-6-7;1-7(2)6-11-8(10)9(3,4)5/h10-11,13-14,17H,12H2,1-9H3,(H,25,28);4-8,15H,9-14H2,1-3H3;7-10,13H,11H2,1-6H3,(H,19,21);12H,8-9H2,1-7H3,(H,16,18);8,10H,1,9H2,2-7H3,(H,15,17);4-8H,9H2,1-3H3,(H,13,14);7H,4-6H2,1-3H3;7H,6H2,1-5H3. The highest BCUT2D eigenvalue weighted by molar-refractivity contribution is 5.99. The van der Waals surface area contributed by atoms with E-state index in [0.717, 1.165) is 56.4 Å². The first-order chi connectivity index (χ1) is 65.2. The van der Waals surface area contributed by atoms with E-state index in [-0.39, 0.29) is 136 Å². The molecule has 2 aromatic carbocycles. The van der Waals surface area contributed by atoms with Crippen LogP contribution < -0.4 is 26.6 Å². The van der Waals surface area contributed by atoms with Crippen molar-refractivity contribution in [1.29, 1.82) is 0 Å². The minimum absolute atomic E-state index is 0.00853. The Morgan fingerprint density at radius 2 is 0.875 bits per heavy atom. The van der Waals surface area contributed by atoms with Crippen LogP contribution in [0.1, 0.15) is 363 Å². The summed E-state index contributed by atoms with van der Waals surface area (Å²) in [5.41, 5.74) is -1.86. The van der Waals surface area contributed by atoms with E-state index in [4.69, 9.17) is 23.7 Å². The number of carbonyl (C=O) groups excluding carboxylic acids is 14. The third-order valence-corrected chi connectivity index (χ3v) is 22.5. The third-order valence-electron chi connectivity index (χ3n) is 22.5. The van der Waals surface area contributed by atoms with Crippen LogP contribution in [0.4, 0.5) is 9.59 Å². The average Bonchev–Trinajstić information content (AvgIpc) is 0.862. The molecule has 2 aliphatic rings. The van der Waals surface area contributed by atoms with E-state index < -0.39 is 85.6 Å². The quantitative estimate of drug-likeness (QED) is 0.0153. The van der Waals surface area contributed by atoms with E-state index in [0.29, 0.717) is 44.0 Å². The van der Waals surface area contributed by atoms with Gasteiger partial charge in [-0.2, -0.15) is 0 Å². The summed E-state index contributed by atoms with van der Waals surface area (Å²) in [5.74, 6) is -0.183. The van der Waals surface area contributed by atoms with Gasteiger partial charge in [0.05, 0.1) is 66.9 Å². The molecule has 4 heterocycles. The zero-order valence-electron chi connectivity index (χ0n) is 96.6. The molecule has 28 nitrogen and oxygen atoms in total. The first kappa shape index (κ1) is 136. The number of hydrogen-bond acceptors (Lipinski definition) is 23. The van der Waals surface area contributed by atoms with Gasteiger partial charge in [0.15, 0.2) is 28.9 Å². The monoisotopic (exact) mass is 2010 g/mol. The number of likely N-dealkylation sites (tertiary alicyclic amines) is 1. The number of aromatic nitrogens is 3. The summed E-state index contributed by atoms with van der Waals surface area (Å²) in [6.45, 7) is 88.8. The molecule has 0 bridgehead atoms. The summed E-state index contributed by atoms with van der Waals surface area (Å²) >= 11 is 0. The Labute approximate surface area is 867 Å². The fourth-order valence-corrected chi connectivity index (χ4v) is 13.0. The van der Waals surface area contributed by atoms with Crippen molar-refractivity contribution in [3.8, 4) is 0 Å². The van der Waals surface area contributed by atoms with E-state index in [9.17, 15) is 67.1 Å². The van der Waals surface area contributed by atoms with Gasteiger partial charge in [0.2, 0.25) is 17.7 Å². The topological polar surface area (TPSA) is 387 Å². The Hall–Kier alpha value is -10.1. The maximum Gasteiger partial charge on any atom is 0.408 e. The second-order valence-corrected chi connectivity index (χ2v) is 51.6. The molecule has 2 fully saturated rings. The number of nitrogens with zero attached hydrogens (tertiary/aromatic N) is 4. The van der Waals surface area contributed by atoms with Crippen LogP contribution in [-0.2, 0) is 96.1 Å². The molecule has 0 radical (unpaired) electrons. The van der Waals surface area contributed by atoms with Crippen molar-refractivity contribution in [3.05, 3.63) is 139 Å². The Morgan fingerprint density at radius 1 is 0.451 bits per heavy atom. The molecule has 2 aliphatic heterocycles. The zero-order valence-corrected chi connectivity index (χ0v) is 96.6. The number of piperidine rings is 1. The van der Waals surface area contributed by atoms with Gasteiger partial charge in [-0.25, -0.2) is 14.6 Å². The van der Waals surface area contributed by atoms with Gasteiger partial charge in [0, 0.05) is 108 Å². The molecule has 2 saturated heterocycles. The number of ketones is 7. The number of hydrogen-bond donors (Lipinski definition) is 5. The molecule has 28 heteroatoms. The second kappa shape index (κ2) is 60.3. The molecule has 0 saturated carbocycles. The van der Waals surface area contributed by atoms with Crippen molar-refractivity contribution in [3.63, 3.8) is 0 Å². The number of alkyl carbamates (subject to hydrolysis) is 2. The minimum Gasteiger partial charge on any atom is -0.465 e. The van der Waals surface area contributed by atoms with Gasteiger partial charge < -0.3 is 55.1 Å². The molecular formula is C116H191N9O19. The molecule has 5 amide bonds. The fourth-order valence-electron chi connectivity index (χ4n) is 13.0. The van der Waals surface area contributed by atoms with Crippen LogP contribution in [0.3, 0.4) is 0 Å². The maximum atomic E-state index is 13.2. The molecule has 6 unspecified atom stereocenters. The Balaban J connectivity index is 0. The third kappa shape index (κ3) is 58.3. The lowest BCUT2D eigenvalue weighted by Crippen LogP contribution is -2.55. The predicted molar refractivity (Wildman–Crippen MR) is 574 cm³/mol. The first-order valence-electron chi connectivity index (χ1n) is 50.7. The van der Waals surface area contributed by atoms with Gasteiger partial charge in [0.25, 0.3) is 0 Å². The smallest absolute Gasteiger partial charge is 0.408 e. The number of pyridine rings is 1. The lowest BCUT2D eigenvalue weighted by molar-refractivity contribution is -0.158. The molecule has 814 valence electrons. The number of amides is 5. The zero-order chi connectivity index (χ0) is 112. The van der Waals surface area contributed by atoms with E-state index in [1.807, 2.05) is 320 Å². The van der Waals surface area contributed by atoms with Gasteiger partial charge in [-0.15, -0.1) is 0 Å². The van der Waals surface area contributed by atoms with Gasteiger partial charge in [-0.1, -0.05) is 322 Å². The molecule has 2 aromatic heterocycles. The van der Waals surface area contributed by atoms with E-state index >= 15 is 0 Å². The molecule has 5 N–H and O–H groups in total. The Morgan fingerprint density at radius 3 is 1.24 bits per heavy atom. The second-order valence-electron chi connectivity index (χ2n) is 51.6. The van der Waals surface area contributed by atoms with Crippen LogP contribution in [0, 0.1) is 88.1 Å². The van der Waals surface area contributed by atoms with Crippen molar-refractivity contribution >= 4 is 82.3 Å². The summed E-state index contributed by atoms with van der Waals surface area (Å²) in [6.07, 6.45) is 12.2. The Kier molecular flexibility index (Phi) is 56.9. The highest BCUT2D eigenvalue weighted by Gasteiger charge is 2.45. The lowest BCUT2D eigenvalue weighted by atomic mass is 9.73. The first-order valence-corrected chi connectivity index (χ1v) is 50.7. The van der Waals surface area contributed by atoms with E-state index in [1.165, 1.54) is 37.2 Å². The Bertz CT molecular complexity index is 4620. The molecule has 0 spiro atoms. The largest absolute Gasteiger partial charge is 0.465 e. The van der Waals surface area contributed by atoms with Crippen LogP contribution in [0.2, 0.25) is 0 Å². The molecular weight excluding hydrogens is 1820 g/mol. The molecule has 6 atom stereocenters. The fraction of sp³-hybridized carbons (Fsp3) is 0.681. The highest BCUT2D eigenvalue weighted by atomic mass is 16.6. The summed E-state index contributed by atoms with van der Waals surface area (Å²) in [5, 5.41) is 14.0. The van der Waals surface area contributed by atoms with Crippen molar-refractivity contribution in [2.45, 2.75) is 386 Å². The van der Waals surface area contributed by atoms with Gasteiger partial charge >= 0.3 is 24.1 Å². The number of nitrogens with one attached hydrogen (secondary N) is 5. The number of rotatable bonds is 28. The number of carbonyl (C=O) groups is 14. The van der Waals surface area contributed by atoms with Crippen LogP contribution in [0.15, 0.2) is 116 Å². The van der Waals surface area contributed by atoms with Gasteiger partial charge in [0.1, 0.15) is 36.6 Å².